The molecule has 0 saturated heterocycles. The van der Waals surface area contributed by atoms with Crippen molar-refractivity contribution in [3.8, 4) is 0 Å². The second-order valence-corrected chi connectivity index (χ2v) is 4.35. The molecular weight excluding hydrogens is 210 g/mol. The quantitative estimate of drug-likeness (QED) is 0.872. The van der Waals surface area contributed by atoms with Crippen molar-refractivity contribution in [3.05, 3.63) is 53.1 Å². The summed E-state index contributed by atoms with van der Waals surface area (Å²) in [6.45, 7) is 5.84. The van der Waals surface area contributed by atoms with Crippen LogP contribution in [0, 0.1) is 13.8 Å². The van der Waals surface area contributed by atoms with Gasteiger partial charge in [-0.05, 0) is 19.4 Å². The molecule has 0 aliphatic rings. The molecule has 3 heteroatoms. The van der Waals surface area contributed by atoms with Crippen molar-refractivity contribution < 1.29 is 0 Å². The minimum absolute atomic E-state index is 0.806. The smallest absolute Gasteiger partial charge is 0.122 e. The van der Waals surface area contributed by atoms with Gasteiger partial charge < -0.3 is 9.88 Å². The molecule has 0 fully saturated rings. The maximum absolute atomic E-state index is 4.54. The van der Waals surface area contributed by atoms with Crippen LogP contribution in [0.4, 0.5) is 0 Å². The average molecular weight is 229 g/mol. The van der Waals surface area contributed by atoms with Gasteiger partial charge in [0, 0.05) is 19.3 Å². The summed E-state index contributed by atoms with van der Waals surface area (Å²) >= 11 is 0. The number of aryl methyl sites for hydroxylation is 1. The molecular formula is C14H19N3. The fourth-order valence-corrected chi connectivity index (χ4v) is 1.86. The maximum atomic E-state index is 4.54. The van der Waals surface area contributed by atoms with Crippen molar-refractivity contribution in [1.82, 2.24) is 14.9 Å². The molecule has 2 rings (SSSR count). The largest absolute Gasteiger partial charge is 0.334 e. The van der Waals surface area contributed by atoms with Crippen LogP contribution in [0.1, 0.15) is 22.8 Å². The molecule has 2 aromatic rings. The van der Waals surface area contributed by atoms with Crippen LogP contribution in [0.25, 0.3) is 0 Å². The van der Waals surface area contributed by atoms with E-state index in [1.54, 1.807) is 0 Å². The summed E-state index contributed by atoms with van der Waals surface area (Å²) in [5.41, 5.74) is 3.65. The van der Waals surface area contributed by atoms with Crippen molar-refractivity contribution in [2.45, 2.75) is 26.9 Å². The molecule has 0 bridgehead atoms. The van der Waals surface area contributed by atoms with Gasteiger partial charge in [-0.15, -0.1) is 0 Å². The Morgan fingerprint density at radius 1 is 1.12 bits per heavy atom. The van der Waals surface area contributed by atoms with E-state index in [4.69, 9.17) is 0 Å². The standard InChI is InChI=1S/C14H19N3/c1-11-12(2)17(3)14(16-11)10-15-9-13-7-5-4-6-8-13/h4-8,15H,9-10H2,1-3H3. The summed E-state index contributed by atoms with van der Waals surface area (Å²) in [7, 11) is 2.06. The molecule has 0 unspecified atom stereocenters. The lowest BCUT2D eigenvalue weighted by atomic mass is 10.2. The number of nitrogens with zero attached hydrogens (tertiary/aromatic N) is 2. The first-order valence-electron chi connectivity index (χ1n) is 5.92. The van der Waals surface area contributed by atoms with Crippen LogP contribution >= 0.6 is 0 Å². The van der Waals surface area contributed by atoms with Gasteiger partial charge in [-0.3, -0.25) is 0 Å². The van der Waals surface area contributed by atoms with Crippen molar-refractivity contribution in [1.29, 1.82) is 0 Å². The Hall–Kier alpha value is -1.61. The predicted molar refractivity (Wildman–Crippen MR) is 69.7 cm³/mol. The number of aromatic nitrogens is 2. The number of nitrogens with one attached hydrogen (secondary N) is 1. The monoisotopic (exact) mass is 229 g/mol. The third kappa shape index (κ3) is 2.74. The third-order valence-electron chi connectivity index (χ3n) is 3.17. The fraction of sp³-hybridized carbons (Fsp3) is 0.357. The number of imidazole rings is 1. The first kappa shape index (κ1) is 11.9. The lowest BCUT2D eigenvalue weighted by Crippen LogP contribution is -2.15. The average Bonchev–Trinajstić information content (AvgIpc) is 2.59. The first-order valence-corrected chi connectivity index (χ1v) is 5.92. The summed E-state index contributed by atoms with van der Waals surface area (Å²) in [4.78, 5) is 4.54. The van der Waals surface area contributed by atoms with E-state index in [2.05, 4.69) is 60.0 Å². The zero-order chi connectivity index (χ0) is 12.3. The highest BCUT2D eigenvalue weighted by atomic mass is 15.1. The van der Waals surface area contributed by atoms with Crippen LogP contribution in [0.15, 0.2) is 30.3 Å². The highest BCUT2D eigenvalue weighted by molar-refractivity contribution is 5.15. The molecule has 1 aromatic heterocycles. The lowest BCUT2D eigenvalue weighted by Gasteiger charge is -2.05. The van der Waals surface area contributed by atoms with E-state index in [1.807, 2.05) is 6.07 Å². The van der Waals surface area contributed by atoms with Gasteiger partial charge in [0.25, 0.3) is 0 Å². The van der Waals surface area contributed by atoms with Crippen molar-refractivity contribution in [2.75, 3.05) is 0 Å². The van der Waals surface area contributed by atoms with Crippen LogP contribution in [-0.2, 0) is 20.1 Å². The molecule has 0 saturated carbocycles. The van der Waals surface area contributed by atoms with Gasteiger partial charge in [-0.1, -0.05) is 30.3 Å². The molecule has 17 heavy (non-hydrogen) atoms. The highest BCUT2D eigenvalue weighted by Crippen LogP contribution is 2.07. The molecule has 0 amide bonds. The molecule has 1 N–H and O–H groups in total. The predicted octanol–water partition coefficient (Wildman–Crippen LogP) is 2.33. The van der Waals surface area contributed by atoms with E-state index >= 15 is 0 Å². The summed E-state index contributed by atoms with van der Waals surface area (Å²) in [6.07, 6.45) is 0. The van der Waals surface area contributed by atoms with E-state index in [-0.39, 0.29) is 0 Å². The SMILES string of the molecule is Cc1nc(CNCc2ccccc2)n(C)c1C. The first-order chi connectivity index (χ1) is 8.18. The van der Waals surface area contributed by atoms with Gasteiger partial charge in [0.1, 0.15) is 5.82 Å². The van der Waals surface area contributed by atoms with Gasteiger partial charge in [-0.25, -0.2) is 4.98 Å². The highest BCUT2D eigenvalue weighted by Gasteiger charge is 2.06. The molecule has 90 valence electrons. The van der Waals surface area contributed by atoms with Gasteiger partial charge >= 0.3 is 0 Å². The minimum atomic E-state index is 0.806. The van der Waals surface area contributed by atoms with E-state index in [0.29, 0.717) is 0 Å². The Labute approximate surface area is 103 Å². The molecule has 0 aliphatic carbocycles. The number of hydrogen-bond donors (Lipinski definition) is 1. The van der Waals surface area contributed by atoms with Crippen molar-refractivity contribution in [2.24, 2.45) is 7.05 Å². The number of benzene rings is 1. The summed E-state index contributed by atoms with van der Waals surface area (Å²) in [6, 6.07) is 10.4. The lowest BCUT2D eigenvalue weighted by molar-refractivity contribution is 0.635. The van der Waals surface area contributed by atoms with Crippen LogP contribution in [0.3, 0.4) is 0 Å². The maximum Gasteiger partial charge on any atom is 0.122 e. The number of rotatable bonds is 4. The third-order valence-corrected chi connectivity index (χ3v) is 3.17. The van der Waals surface area contributed by atoms with Crippen LogP contribution in [-0.4, -0.2) is 9.55 Å². The Morgan fingerprint density at radius 2 is 1.82 bits per heavy atom. The molecule has 1 heterocycles. The minimum Gasteiger partial charge on any atom is -0.334 e. The second-order valence-electron chi connectivity index (χ2n) is 4.35. The van der Waals surface area contributed by atoms with E-state index in [1.165, 1.54) is 11.3 Å². The van der Waals surface area contributed by atoms with Gasteiger partial charge in [0.15, 0.2) is 0 Å². The zero-order valence-corrected chi connectivity index (χ0v) is 10.7. The molecule has 0 atom stereocenters. The summed E-state index contributed by atoms with van der Waals surface area (Å²) in [5.74, 6) is 1.09. The van der Waals surface area contributed by atoms with E-state index in [9.17, 15) is 0 Å². The molecule has 0 spiro atoms. The van der Waals surface area contributed by atoms with Gasteiger partial charge in [-0.2, -0.15) is 0 Å². The Kier molecular flexibility index (Phi) is 3.59. The van der Waals surface area contributed by atoms with E-state index in [0.717, 1.165) is 24.6 Å². The van der Waals surface area contributed by atoms with Crippen molar-refractivity contribution >= 4 is 0 Å². The topological polar surface area (TPSA) is 29.9 Å². The normalized spacial score (nSPS) is 10.8. The summed E-state index contributed by atoms with van der Waals surface area (Å²) < 4.78 is 2.15. The second kappa shape index (κ2) is 5.15. The van der Waals surface area contributed by atoms with Crippen LogP contribution < -0.4 is 5.32 Å². The number of hydrogen-bond acceptors (Lipinski definition) is 2. The Bertz CT molecular complexity index is 486. The van der Waals surface area contributed by atoms with Crippen molar-refractivity contribution in [3.63, 3.8) is 0 Å². The Balaban J connectivity index is 1.92. The summed E-state index contributed by atoms with van der Waals surface area (Å²) in [5, 5.41) is 3.42. The molecule has 0 aliphatic heterocycles. The van der Waals surface area contributed by atoms with Crippen LogP contribution in [0.2, 0.25) is 0 Å². The fourth-order valence-electron chi connectivity index (χ4n) is 1.86. The van der Waals surface area contributed by atoms with Gasteiger partial charge in [0.05, 0.1) is 12.2 Å². The van der Waals surface area contributed by atoms with E-state index < -0.39 is 0 Å². The molecule has 1 aromatic carbocycles. The molecule has 0 radical (unpaired) electrons. The zero-order valence-electron chi connectivity index (χ0n) is 10.7. The van der Waals surface area contributed by atoms with Gasteiger partial charge in [0.2, 0.25) is 0 Å². The molecule has 3 nitrogen and oxygen atoms in total. The Morgan fingerprint density at radius 3 is 2.41 bits per heavy atom. The van der Waals surface area contributed by atoms with Crippen LogP contribution in [0.5, 0.6) is 0 Å².